The lowest BCUT2D eigenvalue weighted by Crippen LogP contribution is -2.29. The van der Waals surface area contributed by atoms with E-state index in [1.165, 1.54) is 0 Å². The first-order chi connectivity index (χ1) is 10.1. The second kappa shape index (κ2) is 6.01. The molecule has 0 spiro atoms. The summed E-state index contributed by atoms with van der Waals surface area (Å²) < 4.78 is 10.1. The molecule has 4 N–H and O–H groups in total. The normalized spacial score (nSPS) is 18.0. The van der Waals surface area contributed by atoms with E-state index >= 15 is 0 Å². The van der Waals surface area contributed by atoms with Crippen LogP contribution in [0.4, 0.5) is 0 Å². The standard InChI is InChI=1S/C15H15N3O3/c1-2-20-15(19)12-11(9-6-4-3-5-7-9)10(8-16)13(17)21-14(12)18/h3-7,11H,2,17-18H2,1H3/t11-/m1/s1. The van der Waals surface area contributed by atoms with Crippen molar-refractivity contribution in [2.45, 2.75) is 12.8 Å². The molecule has 108 valence electrons. The van der Waals surface area contributed by atoms with E-state index < -0.39 is 11.9 Å². The van der Waals surface area contributed by atoms with Crippen molar-refractivity contribution in [2.24, 2.45) is 11.5 Å². The molecule has 1 aromatic rings. The quantitative estimate of drug-likeness (QED) is 0.808. The van der Waals surface area contributed by atoms with Gasteiger partial charge in [-0.1, -0.05) is 30.3 Å². The molecule has 1 aromatic carbocycles. The Morgan fingerprint density at radius 2 is 2.00 bits per heavy atom. The van der Waals surface area contributed by atoms with Gasteiger partial charge in [-0.25, -0.2) is 4.79 Å². The van der Waals surface area contributed by atoms with Crippen LogP contribution in [0, 0.1) is 11.3 Å². The molecule has 0 aromatic heterocycles. The van der Waals surface area contributed by atoms with Gasteiger partial charge in [-0.05, 0) is 12.5 Å². The number of carbonyl (C=O) groups is 1. The fourth-order valence-corrected chi connectivity index (χ4v) is 2.18. The van der Waals surface area contributed by atoms with Gasteiger partial charge in [-0.15, -0.1) is 0 Å². The van der Waals surface area contributed by atoms with E-state index in [2.05, 4.69) is 0 Å². The summed E-state index contributed by atoms with van der Waals surface area (Å²) in [6, 6.07) is 11.0. The lowest BCUT2D eigenvalue weighted by atomic mass is 9.84. The lowest BCUT2D eigenvalue weighted by molar-refractivity contribution is -0.139. The average molecular weight is 285 g/mol. The summed E-state index contributed by atoms with van der Waals surface area (Å²) in [7, 11) is 0. The van der Waals surface area contributed by atoms with Gasteiger partial charge in [0.15, 0.2) is 0 Å². The molecule has 0 saturated heterocycles. The van der Waals surface area contributed by atoms with Crippen molar-refractivity contribution in [3.05, 3.63) is 58.8 Å². The molecule has 0 unspecified atom stereocenters. The zero-order chi connectivity index (χ0) is 15.4. The Bertz CT molecular complexity index is 656. The molecule has 0 bridgehead atoms. The zero-order valence-electron chi connectivity index (χ0n) is 11.5. The molecule has 2 rings (SSSR count). The van der Waals surface area contributed by atoms with E-state index in [1.807, 2.05) is 12.1 Å². The summed E-state index contributed by atoms with van der Waals surface area (Å²) >= 11 is 0. The third kappa shape index (κ3) is 2.67. The number of rotatable bonds is 3. The molecule has 6 nitrogen and oxygen atoms in total. The Balaban J connectivity index is 2.58. The van der Waals surface area contributed by atoms with Crippen molar-refractivity contribution in [3.8, 4) is 6.07 Å². The molecule has 6 heteroatoms. The van der Waals surface area contributed by atoms with E-state index in [0.29, 0.717) is 5.56 Å². The van der Waals surface area contributed by atoms with Gasteiger partial charge in [0.1, 0.15) is 17.2 Å². The summed E-state index contributed by atoms with van der Waals surface area (Å²) in [5.74, 6) is -1.55. The van der Waals surface area contributed by atoms with Crippen LogP contribution >= 0.6 is 0 Å². The Labute approximate surface area is 122 Å². The zero-order valence-corrected chi connectivity index (χ0v) is 11.5. The van der Waals surface area contributed by atoms with Crippen LogP contribution < -0.4 is 11.5 Å². The van der Waals surface area contributed by atoms with E-state index in [0.717, 1.165) is 0 Å². The monoisotopic (exact) mass is 285 g/mol. The highest BCUT2D eigenvalue weighted by atomic mass is 16.5. The number of allylic oxidation sites excluding steroid dienone is 1. The predicted octanol–water partition coefficient (Wildman–Crippen LogP) is 1.23. The summed E-state index contributed by atoms with van der Waals surface area (Å²) in [6.45, 7) is 1.88. The Hall–Kier alpha value is -2.94. The molecular formula is C15H15N3O3. The van der Waals surface area contributed by atoms with E-state index in [9.17, 15) is 10.1 Å². The average Bonchev–Trinajstić information content (AvgIpc) is 2.47. The first kappa shape index (κ1) is 14.5. The maximum atomic E-state index is 12.1. The molecule has 0 fully saturated rings. The molecule has 0 aliphatic carbocycles. The van der Waals surface area contributed by atoms with E-state index in [1.54, 1.807) is 31.2 Å². The highest BCUT2D eigenvalue weighted by Crippen LogP contribution is 2.38. The van der Waals surface area contributed by atoms with Crippen molar-refractivity contribution >= 4 is 5.97 Å². The molecule has 21 heavy (non-hydrogen) atoms. The highest BCUT2D eigenvalue weighted by Gasteiger charge is 2.36. The Kier molecular flexibility index (Phi) is 4.14. The van der Waals surface area contributed by atoms with Gasteiger partial charge < -0.3 is 20.9 Å². The number of carbonyl (C=O) groups excluding carboxylic acids is 1. The highest BCUT2D eigenvalue weighted by molar-refractivity contribution is 5.92. The molecular weight excluding hydrogens is 270 g/mol. The van der Waals surface area contributed by atoms with Crippen LogP contribution in [0.1, 0.15) is 18.4 Å². The Morgan fingerprint density at radius 3 is 2.57 bits per heavy atom. The number of nitriles is 1. The summed E-state index contributed by atoms with van der Waals surface area (Å²) in [4.78, 5) is 12.1. The van der Waals surface area contributed by atoms with Crippen molar-refractivity contribution in [3.63, 3.8) is 0 Å². The van der Waals surface area contributed by atoms with Crippen molar-refractivity contribution < 1.29 is 14.3 Å². The van der Waals surface area contributed by atoms with Crippen molar-refractivity contribution in [2.75, 3.05) is 6.61 Å². The van der Waals surface area contributed by atoms with Crippen molar-refractivity contribution in [1.29, 1.82) is 5.26 Å². The van der Waals surface area contributed by atoms with Gasteiger partial charge in [0.25, 0.3) is 0 Å². The van der Waals surface area contributed by atoms with Crippen LogP contribution in [0.3, 0.4) is 0 Å². The predicted molar refractivity (Wildman–Crippen MR) is 74.9 cm³/mol. The molecule has 0 radical (unpaired) electrons. The number of hydrogen-bond donors (Lipinski definition) is 2. The lowest BCUT2D eigenvalue weighted by Gasteiger charge is -2.26. The van der Waals surface area contributed by atoms with Gasteiger partial charge in [0.2, 0.25) is 11.8 Å². The number of hydrogen-bond acceptors (Lipinski definition) is 6. The largest absolute Gasteiger partial charge is 0.462 e. The topological polar surface area (TPSA) is 111 Å². The van der Waals surface area contributed by atoms with E-state index in [-0.39, 0.29) is 29.5 Å². The summed E-state index contributed by atoms with van der Waals surface area (Å²) in [5.41, 5.74) is 12.4. The maximum absolute atomic E-state index is 12.1. The van der Waals surface area contributed by atoms with Gasteiger partial charge in [0, 0.05) is 0 Å². The third-order valence-corrected chi connectivity index (χ3v) is 3.08. The molecule has 1 heterocycles. The molecule has 1 aliphatic rings. The number of nitrogens with zero attached hydrogens (tertiary/aromatic N) is 1. The molecule has 0 amide bonds. The van der Waals surface area contributed by atoms with Crippen LogP contribution in [0.15, 0.2) is 53.2 Å². The first-order valence-corrected chi connectivity index (χ1v) is 6.39. The summed E-state index contributed by atoms with van der Waals surface area (Å²) in [6.07, 6.45) is 0. The van der Waals surface area contributed by atoms with Crippen LogP contribution in [-0.2, 0) is 14.3 Å². The van der Waals surface area contributed by atoms with Crippen LogP contribution in [0.2, 0.25) is 0 Å². The number of benzene rings is 1. The fraction of sp³-hybridized carbons (Fsp3) is 0.200. The molecule has 1 atom stereocenters. The number of ether oxygens (including phenoxy) is 2. The minimum Gasteiger partial charge on any atom is -0.462 e. The number of esters is 1. The fourth-order valence-electron chi connectivity index (χ4n) is 2.18. The smallest absolute Gasteiger partial charge is 0.340 e. The van der Waals surface area contributed by atoms with Gasteiger partial charge in [0.05, 0.1) is 12.5 Å². The van der Waals surface area contributed by atoms with Gasteiger partial charge in [-0.2, -0.15) is 5.26 Å². The second-order valence-electron chi connectivity index (χ2n) is 4.33. The van der Waals surface area contributed by atoms with Gasteiger partial charge in [-0.3, -0.25) is 0 Å². The summed E-state index contributed by atoms with van der Waals surface area (Å²) in [5, 5.41) is 9.33. The Morgan fingerprint density at radius 1 is 1.33 bits per heavy atom. The van der Waals surface area contributed by atoms with Crippen LogP contribution in [-0.4, -0.2) is 12.6 Å². The molecule has 0 saturated carbocycles. The van der Waals surface area contributed by atoms with E-state index in [4.69, 9.17) is 20.9 Å². The first-order valence-electron chi connectivity index (χ1n) is 6.39. The maximum Gasteiger partial charge on any atom is 0.340 e. The minimum atomic E-state index is -0.691. The second-order valence-corrected chi connectivity index (χ2v) is 4.33. The van der Waals surface area contributed by atoms with Crippen molar-refractivity contribution in [1.82, 2.24) is 0 Å². The minimum absolute atomic E-state index is 0.0915. The third-order valence-electron chi connectivity index (χ3n) is 3.08. The van der Waals surface area contributed by atoms with Crippen LogP contribution in [0.5, 0.6) is 0 Å². The van der Waals surface area contributed by atoms with Gasteiger partial charge >= 0.3 is 5.97 Å². The molecule has 1 aliphatic heterocycles. The van der Waals surface area contributed by atoms with Crippen LogP contribution in [0.25, 0.3) is 0 Å². The number of nitrogens with two attached hydrogens (primary N) is 2. The SMILES string of the molecule is CCOC(=O)C1=C(N)OC(N)=C(C#N)[C@H]1c1ccccc1.